The Morgan fingerprint density at radius 1 is 1.50 bits per heavy atom. The van der Waals surface area contributed by atoms with Gasteiger partial charge in [-0.25, -0.2) is 0 Å². The molecule has 0 aliphatic carbocycles. The second-order valence-corrected chi connectivity index (χ2v) is 7.35. The van der Waals surface area contributed by atoms with Gasteiger partial charge in [0.05, 0.1) is 6.20 Å². The van der Waals surface area contributed by atoms with E-state index in [1.807, 2.05) is 24.6 Å². The van der Waals surface area contributed by atoms with E-state index in [-0.39, 0.29) is 11.9 Å². The van der Waals surface area contributed by atoms with Gasteiger partial charge in [-0.1, -0.05) is 0 Å². The molecule has 6 nitrogen and oxygen atoms in total. The Labute approximate surface area is 146 Å². The minimum atomic E-state index is -0.365. The third-order valence-electron chi connectivity index (χ3n) is 4.64. The maximum Gasteiger partial charge on any atom is 0.241 e. The number of rotatable bonds is 6. The van der Waals surface area contributed by atoms with Gasteiger partial charge in [0.15, 0.2) is 0 Å². The average Bonchev–Trinajstić information content (AvgIpc) is 3.21. The van der Waals surface area contributed by atoms with Gasteiger partial charge in [-0.15, -0.1) is 11.3 Å². The monoisotopic (exact) mass is 347 g/mol. The average molecular weight is 347 g/mol. The highest BCUT2D eigenvalue weighted by molar-refractivity contribution is 7.10. The number of carbonyl (C=O) groups excluding carboxylic acids is 1. The highest BCUT2D eigenvalue weighted by Crippen LogP contribution is 2.25. The second-order valence-electron chi connectivity index (χ2n) is 6.35. The standard InChI is InChI=1S/C17H25N5OS/c1-12(22-6-4-15-13(11-22)5-7-24-15)8-19-17(23)16(18-2)14-9-20-21(3)10-14/h5,7,9-10,12,16,18H,4,6,8,11H2,1-3H3,(H,19,23). The lowest BCUT2D eigenvalue weighted by Crippen LogP contribution is -2.46. The number of nitrogens with one attached hydrogen (secondary N) is 2. The van der Waals surface area contributed by atoms with Crippen LogP contribution >= 0.6 is 11.3 Å². The van der Waals surface area contributed by atoms with Crippen molar-refractivity contribution in [1.82, 2.24) is 25.3 Å². The largest absolute Gasteiger partial charge is 0.353 e. The fourth-order valence-corrected chi connectivity index (χ4v) is 4.05. The van der Waals surface area contributed by atoms with Crippen LogP contribution in [0.4, 0.5) is 0 Å². The molecule has 0 saturated heterocycles. The summed E-state index contributed by atoms with van der Waals surface area (Å²) in [6.45, 7) is 4.86. The summed E-state index contributed by atoms with van der Waals surface area (Å²) in [5.74, 6) is -0.00872. The number of hydrogen-bond donors (Lipinski definition) is 2. The van der Waals surface area contributed by atoms with Crippen LogP contribution in [0.1, 0.15) is 29.0 Å². The first-order valence-electron chi connectivity index (χ1n) is 8.31. The molecule has 7 heteroatoms. The molecule has 0 bridgehead atoms. The quantitative estimate of drug-likeness (QED) is 0.827. The van der Waals surface area contributed by atoms with Gasteiger partial charge in [-0.2, -0.15) is 5.10 Å². The van der Waals surface area contributed by atoms with Crippen molar-refractivity contribution in [3.05, 3.63) is 39.8 Å². The Bertz CT molecular complexity index is 695. The van der Waals surface area contributed by atoms with Crippen molar-refractivity contribution in [3.8, 4) is 0 Å². The first-order chi connectivity index (χ1) is 11.6. The van der Waals surface area contributed by atoms with Crippen LogP contribution in [0.3, 0.4) is 0 Å². The van der Waals surface area contributed by atoms with Crippen molar-refractivity contribution in [2.24, 2.45) is 7.05 Å². The van der Waals surface area contributed by atoms with Crippen LogP contribution in [0.5, 0.6) is 0 Å². The van der Waals surface area contributed by atoms with Crippen molar-refractivity contribution in [3.63, 3.8) is 0 Å². The van der Waals surface area contributed by atoms with Crippen LogP contribution in [-0.2, 0) is 24.8 Å². The van der Waals surface area contributed by atoms with Crippen molar-refractivity contribution in [1.29, 1.82) is 0 Å². The molecule has 2 unspecified atom stereocenters. The van der Waals surface area contributed by atoms with Gasteiger partial charge in [0.1, 0.15) is 6.04 Å². The molecule has 1 amide bonds. The molecule has 2 N–H and O–H groups in total. The summed E-state index contributed by atoms with van der Waals surface area (Å²) in [5, 5.41) is 12.5. The zero-order valence-corrected chi connectivity index (χ0v) is 15.3. The van der Waals surface area contributed by atoms with Crippen molar-refractivity contribution < 1.29 is 4.79 Å². The number of hydrogen-bond acceptors (Lipinski definition) is 5. The number of aromatic nitrogens is 2. The number of thiophene rings is 1. The first-order valence-corrected chi connectivity index (χ1v) is 9.19. The summed E-state index contributed by atoms with van der Waals surface area (Å²) in [4.78, 5) is 16.4. The summed E-state index contributed by atoms with van der Waals surface area (Å²) in [7, 11) is 3.65. The molecule has 2 aromatic heterocycles. The lowest BCUT2D eigenvalue weighted by atomic mass is 10.1. The van der Waals surface area contributed by atoms with E-state index in [4.69, 9.17) is 0 Å². The number of carbonyl (C=O) groups is 1. The molecule has 0 aromatic carbocycles. The van der Waals surface area contributed by atoms with Gasteiger partial charge in [0.2, 0.25) is 5.91 Å². The Kier molecular flexibility index (Phi) is 5.33. The fourth-order valence-electron chi connectivity index (χ4n) is 3.16. The zero-order chi connectivity index (χ0) is 17.1. The van der Waals surface area contributed by atoms with Crippen LogP contribution in [0.2, 0.25) is 0 Å². The highest BCUT2D eigenvalue weighted by atomic mass is 32.1. The van der Waals surface area contributed by atoms with Crippen LogP contribution in [0.25, 0.3) is 0 Å². The minimum Gasteiger partial charge on any atom is -0.353 e. The van der Waals surface area contributed by atoms with Crippen LogP contribution in [0, 0.1) is 0 Å². The van der Waals surface area contributed by atoms with E-state index in [0.717, 1.165) is 25.1 Å². The van der Waals surface area contributed by atoms with Crippen molar-refractivity contribution in [2.75, 3.05) is 20.1 Å². The lowest BCUT2D eigenvalue weighted by molar-refractivity contribution is -0.123. The normalized spacial score (nSPS) is 17.3. The van der Waals surface area contributed by atoms with E-state index in [2.05, 4.69) is 39.0 Å². The molecule has 2 aromatic rings. The summed E-state index contributed by atoms with van der Waals surface area (Å²) < 4.78 is 1.71. The Morgan fingerprint density at radius 3 is 3.04 bits per heavy atom. The molecule has 1 aliphatic rings. The smallest absolute Gasteiger partial charge is 0.241 e. The number of aryl methyl sites for hydroxylation is 1. The van der Waals surface area contributed by atoms with E-state index >= 15 is 0 Å². The maximum absolute atomic E-state index is 12.5. The fraction of sp³-hybridized carbons (Fsp3) is 0.529. The molecule has 3 rings (SSSR count). The number of nitrogens with zero attached hydrogens (tertiary/aromatic N) is 3. The highest BCUT2D eigenvalue weighted by Gasteiger charge is 2.24. The number of amides is 1. The summed E-state index contributed by atoms with van der Waals surface area (Å²) in [5.41, 5.74) is 2.32. The SMILES string of the molecule is CNC(C(=O)NCC(C)N1CCc2sccc2C1)c1cnn(C)c1. The summed E-state index contributed by atoms with van der Waals surface area (Å²) in [6, 6.07) is 2.17. The predicted molar refractivity (Wildman–Crippen MR) is 95.9 cm³/mol. The third kappa shape index (κ3) is 3.68. The molecular formula is C17H25N5OS. The molecule has 3 heterocycles. The van der Waals surface area contributed by atoms with Crippen LogP contribution in [-0.4, -0.2) is 46.8 Å². The number of likely N-dealkylation sites (N-methyl/N-ethyl adjacent to an activating group) is 1. The Balaban J connectivity index is 1.54. The van der Waals surface area contributed by atoms with Gasteiger partial charge in [0.25, 0.3) is 0 Å². The first kappa shape index (κ1) is 17.1. The minimum absolute atomic E-state index is 0.00872. The molecule has 0 saturated carbocycles. The Morgan fingerprint density at radius 2 is 2.33 bits per heavy atom. The topological polar surface area (TPSA) is 62.2 Å². The Hall–Kier alpha value is -1.70. The lowest BCUT2D eigenvalue weighted by Gasteiger charge is -2.32. The van der Waals surface area contributed by atoms with Crippen molar-refractivity contribution >= 4 is 17.2 Å². The molecule has 0 radical (unpaired) electrons. The summed E-state index contributed by atoms with van der Waals surface area (Å²) in [6.07, 6.45) is 4.71. The molecule has 24 heavy (non-hydrogen) atoms. The van der Waals surface area contributed by atoms with E-state index in [9.17, 15) is 4.79 Å². The molecular weight excluding hydrogens is 322 g/mol. The van der Waals surface area contributed by atoms with E-state index in [1.54, 1.807) is 17.9 Å². The van der Waals surface area contributed by atoms with Crippen LogP contribution in [0.15, 0.2) is 23.8 Å². The second kappa shape index (κ2) is 7.46. The zero-order valence-electron chi connectivity index (χ0n) is 14.5. The molecule has 130 valence electrons. The van der Waals surface area contributed by atoms with E-state index in [0.29, 0.717) is 12.6 Å². The van der Waals surface area contributed by atoms with Gasteiger partial charge in [-0.05, 0) is 37.4 Å². The summed E-state index contributed by atoms with van der Waals surface area (Å²) >= 11 is 1.85. The van der Waals surface area contributed by atoms with Gasteiger partial charge < -0.3 is 10.6 Å². The molecule has 0 fully saturated rings. The van der Waals surface area contributed by atoms with Gasteiger partial charge >= 0.3 is 0 Å². The molecule has 0 spiro atoms. The van der Waals surface area contributed by atoms with Gasteiger partial charge in [-0.3, -0.25) is 14.4 Å². The predicted octanol–water partition coefficient (Wildman–Crippen LogP) is 1.31. The third-order valence-corrected chi connectivity index (χ3v) is 5.66. The van der Waals surface area contributed by atoms with E-state index < -0.39 is 0 Å². The van der Waals surface area contributed by atoms with Crippen LogP contribution < -0.4 is 10.6 Å². The van der Waals surface area contributed by atoms with E-state index in [1.165, 1.54) is 10.4 Å². The van der Waals surface area contributed by atoms with Gasteiger partial charge in [0, 0.05) is 49.4 Å². The van der Waals surface area contributed by atoms with Crippen molar-refractivity contribution in [2.45, 2.75) is 32.0 Å². The number of fused-ring (bicyclic) bond motifs is 1. The molecule has 2 atom stereocenters. The molecule has 1 aliphatic heterocycles. The maximum atomic E-state index is 12.5.